The zero-order valence-corrected chi connectivity index (χ0v) is 11.4. The van der Waals surface area contributed by atoms with Gasteiger partial charge in [-0.15, -0.1) is 0 Å². The molecule has 114 valence electrons. The second-order valence-corrected chi connectivity index (χ2v) is 5.38. The van der Waals surface area contributed by atoms with Crippen molar-refractivity contribution in [3.8, 4) is 11.5 Å². The van der Waals surface area contributed by atoms with Crippen molar-refractivity contribution in [2.75, 3.05) is 6.54 Å². The number of carbonyl (C=O) groups is 2. The molecular formula is C14H18N2O5. The molecule has 0 heterocycles. The van der Waals surface area contributed by atoms with Gasteiger partial charge in [0.1, 0.15) is 6.04 Å². The molecule has 21 heavy (non-hydrogen) atoms. The van der Waals surface area contributed by atoms with Crippen LogP contribution in [0.1, 0.15) is 18.4 Å². The standard InChI is InChI=1S/C14H18N2O5/c15-7-14(3-4-14)13(21)16-9(12(19)20)5-8-1-2-10(17)11(18)6-8/h1-2,6,9,17-18H,3-5,7,15H2,(H,16,21)(H,19,20). The molecular weight excluding hydrogens is 276 g/mol. The van der Waals surface area contributed by atoms with Gasteiger partial charge in [-0.05, 0) is 30.5 Å². The van der Waals surface area contributed by atoms with Gasteiger partial charge in [-0.25, -0.2) is 4.79 Å². The van der Waals surface area contributed by atoms with Gasteiger partial charge in [-0.3, -0.25) is 4.79 Å². The molecule has 0 aliphatic heterocycles. The highest BCUT2D eigenvalue weighted by Crippen LogP contribution is 2.44. The van der Waals surface area contributed by atoms with Gasteiger partial charge in [0.2, 0.25) is 5.91 Å². The number of benzene rings is 1. The molecule has 1 atom stereocenters. The van der Waals surface area contributed by atoms with E-state index in [4.69, 9.17) is 5.73 Å². The number of hydrogen-bond donors (Lipinski definition) is 5. The summed E-state index contributed by atoms with van der Waals surface area (Å²) in [4.78, 5) is 23.3. The lowest BCUT2D eigenvalue weighted by Crippen LogP contribution is -2.47. The quantitative estimate of drug-likeness (QED) is 0.467. The van der Waals surface area contributed by atoms with E-state index in [0.29, 0.717) is 18.4 Å². The Balaban J connectivity index is 2.07. The van der Waals surface area contributed by atoms with Crippen molar-refractivity contribution in [2.45, 2.75) is 25.3 Å². The van der Waals surface area contributed by atoms with Crippen molar-refractivity contribution in [1.82, 2.24) is 5.32 Å². The summed E-state index contributed by atoms with van der Waals surface area (Å²) in [6.45, 7) is 0.200. The van der Waals surface area contributed by atoms with Gasteiger partial charge in [-0.2, -0.15) is 0 Å². The summed E-state index contributed by atoms with van der Waals surface area (Å²) in [5.41, 5.74) is 5.42. The zero-order chi connectivity index (χ0) is 15.6. The molecule has 1 unspecified atom stereocenters. The molecule has 0 aromatic heterocycles. The van der Waals surface area contributed by atoms with Crippen LogP contribution in [0.3, 0.4) is 0 Å². The van der Waals surface area contributed by atoms with Crippen molar-refractivity contribution in [2.24, 2.45) is 11.1 Å². The Labute approximate surface area is 121 Å². The average Bonchev–Trinajstić information content (AvgIpc) is 3.23. The lowest BCUT2D eigenvalue weighted by molar-refractivity contribution is -0.142. The first-order valence-electron chi connectivity index (χ1n) is 6.63. The van der Waals surface area contributed by atoms with E-state index in [2.05, 4.69) is 5.32 Å². The van der Waals surface area contributed by atoms with Crippen molar-refractivity contribution in [1.29, 1.82) is 0 Å². The number of phenols is 2. The second kappa shape index (κ2) is 5.61. The van der Waals surface area contributed by atoms with Crippen molar-refractivity contribution in [3.63, 3.8) is 0 Å². The fourth-order valence-electron chi connectivity index (χ4n) is 2.12. The van der Waals surface area contributed by atoms with Crippen LogP contribution in [-0.4, -0.2) is 39.8 Å². The minimum Gasteiger partial charge on any atom is -0.504 e. The van der Waals surface area contributed by atoms with E-state index in [1.165, 1.54) is 18.2 Å². The maximum Gasteiger partial charge on any atom is 0.326 e. The Bertz CT molecular complexity index is 568. The maximum absolute atomic E-state index is 12.0. The summed E-state index contributed by atoms with van der Waals surface area (Å²) in [5.74, 6) is -2.12. The highest BCUT2D eigenvalue weighted by atomic mass is 16.4. The van der Waals surface area contributed by atoms with E-state index in [0.717, 1.165) is 0 Å². The number of nitrogens with two attached hydrogens (primary N) is 1. The second-order valence-electron chi connectivity index (χ2n) is 5.38. The topological polar surface area (TPSA) is 133 Å². The summed E-state index contributed by atoms with van der Waals surface area (Å²) >= 11 is 0. The van der Waals surface area contributed by atoms with E-state index in [-0.39, 0.29) is 30.4 Å². The Morgan fingerprint density at radius 3 is 2.43 bits per heavy atom. The number of hydrogen-bond acceptors (Lipinski definition) is 5. The first-order chi connectivity index (χ1) is 9.88. The molecule has 0 spiro atoms. The lowest BCUT2D eigenvalue weighted by Gasteiger charge is -2.19. The number of aromatic hydroxyl groups is 2. The van der Waals surface area contributed by atoms with Crippen LogP contribution in [0.25, 0.3) is 0 Å². The molecule has 1 aromatic carbocycles. The maximum atomic E-state index is 12.0. The Morgan fingerprint density at radius 2 is 1.95 bits per heavy atom. The predicted molar refractivity (Wildman–Crippen MR) is 73.8 cm³/mol. The van der Waals surface area contributed by atoms with E-state index in [1.54, 1.807) is 0 Å². The molecule has 1 saturated carbocycles. The summed E-state index contributed by atoms with van der Waals surface area (Å²) in [7, 11) is 0. The minimum atomic E-state index is -1.16. The van der Waals surface area contributed by atoms with E-state index in [9.17, 15) is 24.9 Å². The van der Waals surface area contributed by atoms with E-state index < -0.39 is 17.4 Å². The molecule has 7 heteroatoms. The van der Waals surface area contributed by atoms with Crippen LogP contribution in [0, 0.1) is 5.41 Å². The van der Waals surface area contributed by atoms with Gasteiger partial charge in [-0.1, -0.05) is 6.07 Å². The van der Waals surface area contributed by atoms with Crippen molar-refractivity contribution >= 4 is 11.9 Å². The monoisotopic (exact) mass is 294 g/mol. The molecule has 6 N–H and O–H groups in total. The van der Waals surface area contributed by atoms with Crippen LogP contribution in [-0.2, 0) is 16.0 Å². The van der Waals surface area contributed by atoms with Crippen LogP contribution < -0.4 is 11.1 Å². The number of carbonyl (C=O) groups excluding carboxylic acids is 1. The van der Waals surface area contributed by atoms with Gasteiger partial charge < -0.3 is 26.4 Å². The van der Waals surface area contributed by atoms with Crippen molar-refractivity contribution in [3.05, 3.63) is 23.8 Å². The number of rotatable bonds is 6. The molecule has 0 saturated heterocycles. The Kier molecular flexibility index (Phi) is 4.04. The number of carboxylic acids is 1. The van der Waals surface area contributed by atoms with Crippen LogP contribution >= 0.6 is 0 Å². The van der Waals surface area contributed by atoms with Gasteiger partial charge in [0.15, 0.2) is 11.5 Å². The third-order valence-electron chi connectivity index (χ3n) is 3.81. The molecule has 0 radical (unpaired) electrons. The van der Waals surface area contributed by atoms with Crippen LogP contribution in [0.15, 0.2) is 18.2 Å². The Hall–Kier alpha value is -2.28. The summed E-state index contributed by atoms with van der Waals surface area (Å²) < 4.78 is 0. The van der Waals surface area contributed by atoms with Gasteiger partial charge in [0, 0.05) is 13.0 Å². The van der Waals surface area contributed by atoms with Gasteiger partial charge in [0.05, 0.1) is 5.41 Å². The summed E-state index contributed by atoms with van der Waals surface area (Å²) in [5, 5.41) is 30.3. The molecule has 1 aromatic rings. The molecule has 1 aliphatic carbocycles. The highest BCUT2D eigenvalue weighted by Gasteiger charge is 2.49. The normalized spacial score (nSPS) is 17.0. The third kappa shape index (κ3) is 3.25. The van der Waals surface area contributed by atoms with Gasteiger partial charge >= 0.3 is 5.97 Å². The summed E-state index contributed by atoms with van der Waals surface area (Å²) in [6.07, 6.45) is 1.35. The third-order valence-corrected chi connectivity index (χ3v) is 3.81. The number of amides is 1. The number of nitrogens with one attached hydrogen (secondary N) is 1. The lowest BCUT2D eigenvalue weighted by atomic mass is 10.0. The van der Waals surface area contributed by atoms with E-state index >= 15 is 0 Å². The highest BCUT2D eigenvalue weighted by molar-refractivity contribution is 5.89. The number of aliphatic carboxylic acids is 1. The largest absolute Gasteiger partial charge is 0.504 e. The number of phenolic OH excluding ortho intramolecular Hbond substituents is 2. The predicted octanol–water partition coefficient (Wildman–Crippen LogP) is -0.0514. The SMILES string of the molecule is NCC1(C(=O)NC(Cc2ccc(O)c(O)c2)C(=O)O)CC1. The fourth-order valence-corrected chi connectivity index (χ4v) is 2.12. The van der Waals surface area contributed by atoms with Crippen LogP contribution in [0.5, 0.6) is 11.5 Å². The molecule has 1 fully saturated rings. The average molecular weight is 294 g/mol. The smallest absolute Gasteiger partial charge is 0.326 e. The summed E-state index contributed by atoms with van der Waals surface area (Å²) in [6, 6.07) is 2.93. The molecule has 1 amide bonds. The van der Waals surface area contributed by atoms with Crippen molar-refractivity contribution < 1.29 is 24.9 Å². The molecule has 1 aliphatic rings. The molecule has 2 rings (SSSR count). The van der Waals surface area contributed by atoms with E-state index in [1.807, 2.05) is 0 Å². The first kappa shape index (κ1) is 15.1. The van der Waals surface area contributed by atoms with Crippen LogP contribution in [0.4, 0.5) is 0 Å². The van der Waals surface area contributed by atoms with Gasteiger partial charge in [0.25, 0.3) is 0 Å². The minimum absolute atomic E-state index is 0.00949. The molecule has 7 nitrogen and oxygen atoms in total. The molecule has 0 bridgehead atoms. The zero-order valence-electron chi connectivity index (χ0n) is 11.4. The first-order valence-corrected chi connectivity index (χ1v) is 6.63. The Morgan fingerprint density at radius 1 is 1.29 bits per heavy atom. The fraction of sp³-hybridized carbons (Fsp3) is 0.429. The number of carboxylic acid groups (broad SMARTS) is 1. The van der Waals surface area contributed by atoms with Crippen LogP contribution in [0.2, 0.25) is 0 Å².